The third kappa shape index (κ3) is 2.96. The summed E-state index contributed by atoms with van der Waals surface area (Å²) >= 11 is 13.1. The highest BCUT2D eigenvalue weighted by atomic mass is 35.5. The molecule has 18 heavy (non-hydrogen) atoms. The summed E-state index contributed by atoms with van der Waals surface area (Å²) in [6, 6.07) is 1.48. The van der Waals surface area contributed by atoms with E-state index in [0.29, 0.717) is 15.0 Å². The van der Waals surface area contributed by atoms with Gasteiger partial charge in [-0.2, -0.15) is 0 Å². The Balaban J connectivity index is 2.50. The maximum atomic E-state index is 10.8. The summed E-state index contributed by atoms with van der Waals surface area (Å²) in [7, 11) is -4.25. The van der Waals surface area contributed by atoms with Crippen LogP contribution >= 0.6 is 42.1 Å². The van der Waals surface area contributed by atoms with E-state index in [1.54, 1.807) is 0 Å². The molecule has 1 aromatic heterocycles. The maximum absolute atomic E-state index is 10.8. The van der Waals surface area contributed by atoms with Crippen LogP contribution in [0.4, 0.5) is 0 Å². The summed E-state index contributed by atoms with van der Waals surface area (Å²) in [6.45, 7) is 1.81. The summed E-state index contributed by atoms with van der Waals surface area (Å²) in [5, 5.41) is 0.434. The van der Waals surface area contributed by atoms with Gasteiger partial charge >= 0.3 is 7.60 Å². The van der Waals surface area contributed by atoms with Crippen LogP contribution in [0.1, 0.15) is 5.56 Å². The van der Waals surface area contributed by atoms with Crippen molar-refractivity contribution in [2.24, 2.45) is 0 Å². The first-order valence-electron chi connectivity index (χ1n) is 4.70. The highest BCUT2D eigenvalue weighted by molar-refractivity contribution is 7.51. The largest absolute Gasteiger partial charge is 0.479 e. The van der Waals surface area contributed by atoms with Gasteiger partial charge in [-0.05, 0) is 12.5 Å². The zero-order valence-corrected chi connectivity index (χ0v) is 12.3. The van der Waals surface area contributed by atoms with E-state index in [9.17, 15) is 4.57 Å². The Morgan fingerprint density at radius 1 is 1.50 bits per heavy atom. The molecular weight excluding hydrogens is 320 g/mol. The van der Waals surface area contributed by atoms with Crippen molar-refractivity contribution in [3.63, 3.8) is 0 Å². The molecule has 2 rings (SSSR count). The molecule has 0 saturated carbocycles. The molecule has 0 aliphatic heterocycles. The van der Waals surface area contributed by atoms with Crippen molar-refractivity contribution in [1.29, 1.82) is 0 Å². The van der Waals surface area contributed by atoms with Gasteiger partial charge in [0.05, 0.1) is 4.70 Å². The van der Waals surface area contributed by atoms with Crippen LogP contribution in [0.2, 0.25) is 9.49 Å². The SMILES string of the molecule is Cc1c(Cl)cc(OCP(=O)(O)O)c2nc(Cl)sc12. The number of nitrogens with zero attached hydrogens (tertiary/aromatic N) is 1. The number of ether oxygens (including phenoxy) is 1. The molecule has 9 heteroatoms. The van der Waals surface area contributed by atoms with Crippen molar-refractivity contribution in [3.05, 3.63) is 21.1 Å². The van der Waals surface area contributed by atoms with Crippen LogP contribution in [-0.4, -0.2) is 21.1 Å². The monoisotopic (exact) mass is 327 g/mol. The molecule has 2 aromatic rings. The minimum atomic E-state index is -4.25. The van der Waals surface area contributed by atoms with Crippen LogP contribution < -0.4 is 4.74 Å². The second kappa shape index (κ2) is 4.96. The van der Waals surface area contributed by atoms with Gasteiger partial charge in [0.2, 0.25) is 0 Å². The first-order chi connectivity index (χ1) is 8.28. The van der Waals surface area contributed by atoms with Crippen LogP contribution in [0.5, 0.6) is 5.75 Å². The Bertz CT molecular complexity index is 654. The van der Waals surface area contributed by atoms with Gasteiger partial charge < -0.3 is 14.5 Å². The molecule has 0 amide bonds. The second-order valence-corrected chi connectivity index (χ2v) is 7.14. The van der Waals surface area contributed by atoms with Crippen LogP contribution in [-0.2, 0) is 4.57 Å². The number of aryl methyl sites for hydroxylation is 1. The zero-order chi connectivity index (χ0) is 13.5. The third-order valence-corrected chi connectivity index (χ3v) is 4.32. The number of hydrogen-bond donors (Lipinski definition) is 2. The second-order valence-electron chi connectivity index (χ2n) is 3.56. The molecule has 0 atom stereocenters. The van der Waals surface area contributed by atoms with E-state index >= 15 is 0 Å². The fraction of sp³-hybridized carbons (Fsp3) is 0.222. The molecule has 1 heterocycles. The van der Waals surface area contributed by atoms with Crippen LogP contribution in [0.3, 0.4) is 0 Å². The summed E-state index contributed by atoms with van der Waals surface area (Å²) in [6.07, 6.45) is -0.726. The van der Waals surface area contributed by atoms with Gasteiger partial charge in [0, 0.05) is 11.1 Å². The smallest absolute Gasteiger partial charge is 0.362 e. The molecule has 1 aromatic carbocycles. The molecule has 0 spiro atoms. The molecule has 0 bridgehead atoms. The van der Waals surface area contributed by atoms with E-state index in [4.69, 9.17) is 37.7 Å². The topological polar surface area (TPSA) is 79.7 Å². The molecule has 0 saturated heterocycles. The number of fused-ring (bicyclic) bond motifs is 1. The molecule has 0 radical (unpaired) electrons. The maximum Gasteiger partial charge on any atom is 0.362 e. The van der Waals surface area contributed by atoms with E-state index in [1.165, 1.54) is 17.4 Å². The summed E-state index contributed by atoms with van der Waals surface area (Å²) < 4.78 is 16.9. The standard InChI is InChI=1S/C9H8Cl2NO4PS/c1-4-5(10)2-6(16-3-17(13,14)15)7-8(4)18-9(11)12-7/h2H,3H2,1H3,(H2,13,14,15). The molecule has 98 valence electrons. The van der Waals surface area contributed by atoms with Crippen molar-refractivity contribution in [1.82, 2.24) is 4.98 Å². The third-order valence-electron chi connectivity index (χ3n) is 2.18. The van der Waals surface area contributed by atoms with Gasteiger partial charge in [-0.1, -0.05) is 23.2 Å². The van der Waals surface area contributed by atoms with E-state index in [2.05, 4.69) is 4.98 Å². The quantitative estimate of drug-likeness (QED) is 0.844. The average molecular weight is 328 g/mol. The van der Waals surface area contributed by atoms with Gasteiger partial charge in [0.1, 0.15) is 11.3 Å². The van der Waals surface area contributed by atoms with Gasteiger partial charge in [-0.15, -0.1) is 11.3 Å². The fourth-order valence-corrected chi connectivity index (χ4v) is 3.06. The van der Waals surface area contributed by atoms with Crippen LogP contribution in [0.25, 0.3) is 10.2 Å². The normalized spacial score (nSPS) is 12.1. The van der Waals surface area contributed by atoms with E-state index in [1.807, 2.05) is 6.92 Å². The van der Waals surface area contributed by atoms with Crippen LogP contribution in [0, 0.1) is 6.92 Å². The number of aromatic nitrogens is 1. The lowest BCUT2D eigenvalue weighted by Crippen LogP contribution is -1.99. The Morgan fingerprint density at radius 3 is 2.78 bits per heavy atom. The van der Waals surface area contributed by atoms with Crippen LogP contribution in [0.15, 0.2) is 6.07 Å². The van der Waals surface area contributed by atoms with Gasteiger partial charge in [0.15, 0.2) is 10.8 Å². The number of rotatable bonds is 3. The fourth-order valence-electron chi connectivity index (χ4n) is 1.38. The molecule has 0 aliphatic rings. The van der Waals surface area contributed by atoms with E-state index < -0.39 is 13.9 Å². The predicted molar refractivity (Wildman–Crippen MR) is 71.9 cm³/mol. The first kappa shape index (κ1) is 14.1. The molecule has 0 unspecified atom stereocenters. The number of benzene rings is 1. The van der Waals surface area contributed by atoms with Crippen molar-refractivity contribution >= 4 is 52.4 Å². The summed E-state index contributed by atoms with van der Waals surface area (Å²) in [4.78, 5) is 21.6. The lowest BCUT2D eigenvalue weighted by atomic mass is 10.2. The average Bonchev–Trinajstić information content (AvgIpc) is 2.62. The first-order valence-corrected chi connectivity index (χ1v) is 8.07. The lowest BCUT2D eigenvalue weighted by Gasteiger charge is -2.09. The minimum absolute atomic E-state index is 0.215. The molecule has 5 nitrogen and oxygen atoms in total. The lowest BCUT2D eigenvalue weighted by molar-refractivity contribution is 0.302. The number of halogens is 2. The van der Waals surface area contributed by atoms with E-state index in [-0.39, 0.29) is 5.75 Å². The summed E-state index contributed by atoms with van der Waals surface area (Å²) in [5.74, 6) is 0.215. The van der Waals surface area contributed by atoms with Crippen molar-refractivity contribution in [3.8, 4) is 5.75 Å². The van der Waals surface area contributed by atoms with Crippen molar-refractivity contribution < 1.29 is 19.1 Å². The van der Waals surface area contributed by atoms with E-state index in [0.717, 1.165) is 10.3 Å². The Morgan fingerprint density at radius 2 is 2.17 bits per heavy atom. The number of hydrogen-bond acceptors (Lipinski definition) is 4. The van der Waals surface area contributed by atoms with Gasteiger partial charge in [-0.25, -0.2) is 4.98 Å². The van der Waals surface area contributed by atoms with Crippen molar-refractivity contribution in [2.75, 3.05) is 6.35 Å². The zero-order valence-electron chi connectivity index (χ0n) is 9.05. The van der Waals surface area contributed by atoms with Crippen molar-refractivity contribution in [2.45, 2.75) is 6.92 Å². The highest BCUT2D eigenvalue weighted by Gasteiger charge is 2.18. The Hall–Kier alpha value is -0.360. The molecule has 0 fully saturated rings. The summed E-state index contributed by atoms with van der Waals surface area (Å²) in [5.41, 5.74) is 1.26. The van der Waals surface area contributed by atoms with Gasteiger partial charge in [-0.3, -0.25) is 4.57 Å². The highest BCUT2D eigenvalue weighted by Crippen LogP contribution is 2.41. The Labute approximate surface area is 116 Å². The van der Waals surface area contributed by atoms with Gasteiger partial charge in [0.25, 0.3) is 0 Å². The molecule has 2 N–H and O–H groups in total. The molecular formula is C9H8Cl2NO4PS. The number of thiazole rings is 1. The Kier molecular flexibility index (Phi) is 3.88. The minimum Gasteiger partial charge on any atom is -0.479 e. The molecule has 0 aliphatic carbocycles. The predicted octanol–water partition coefficient (Wildman–Crippen LogP) is 3.43.